The zero-order chi connectivity index (χ0) is 23.1. The van der Waals surface area contributed by atoms with Gasteiger partial charge in [0.15, 0.2) is 0 Å². The van der Waals surface area contributed by atoms with Crippen molar-refractivity contribution in [1.82, 2.24) is 14.7 Å². The number of hydrogen-bond acceptors (Lipinski definition) is 4. The summed E-state index contributed by atoms with van der Waals surface area (Å²) >= 11 is 12.0. The van der Waals surface area contributed by atoms with Gasteiger partial charge in [0, 0.05) is 44.7 Å². The Kier molecular flexibility index (Phi) is 9.41. The Hall–Kier alpha value is -1.60. The molecule has 0 aliphatic carbocycles. The standard InChI is InChI=1S/C24H33Cl2N3O3/c1-18-22(30)5-4-13-27(18)11-2-3-12-28-15-16-29(14-10-24(28)32)23(31)9-7-19-6-8-20(25)21(26)17-19/h6-9,17-18,22,30H,2-5,10-16H2,1H3/t18-,22+/m1/s1. The molecule has 176 valence electrons. The molecule has 0 unspecified atom stereocenters. The van der Waals surface area contributed by atoms with Gasteiger partial charge in [0.2, 0.25) is 11.8 Å². The summed E-state index contributed by atoms with van der Waals surface area (Å²) in [7, 11) is 0. The Morgan fingerprint density at radius 1 is 1.12 bits per heavy atom. The second kappa shape index (κ2) is 12.0. The highest BCUT2D eigenvalue weighted by Gasteiger charge is 2.26. The highest BCUT2D eigenvalue weighted by molar-refractivity contribution is 6.42. The average Bonchev–Trinajstić information content (AvgIpc) is 2.96. The largest absolute Gasteiger partial charge is 0.392 e. The molecule has 2 fully saturated rings. The minimum Gasteiger partial charge on any atom is -0.392 e. The Morgan fingerprint density at radius 3 is 2.69 bits per heavy atom. The first-order valence-corrected chi connectivity index (χ1v) is 12.2. The quantitative estimate of drug-likeness (QED) is 0.476. The van der Waals surface area contributed by atoms with Gasteiger partial charge in [-0.05, 0) is 69.5 Å². The van der Waals surface area contributed by atoms with Gasteiger partial charge >= 0.3 is 0 Å². The van der Waals surface area contributed by atoms with Gasteiger partial charge in [-0.1, -0.05) is 29.3 Å². The van der Waals surface area contributed by atoms with Crippen LogP contribution in [-0.2, 0) is 9.59 Å². The number of nitrogens with zero attached hydrogens (tertiary/aromatic N) is 3. The number of hydrogen-bond donors (Lipinski definition) is 1. The van der Waals surface area contributed by atoms with Crippen LogP contribution in [0.1, 0.15) is 44.6 Å². The molecule has 1 aromatic carbocycles. The van der Waals surface area contributed by atoms with Gasteiger partial charge < -0.3 is 14.9 Å². The molecular weight excluding hydrogens is 449 g/mol. The van der Waals surface area contributed by atoms with Gasteiger partial charge in [0.05, 0.1) is 16.1 Å². The summed E-state index contributed by atoms with van der Waals surface area (Å²) in [5.74, 6) is -0.00103. The number of carbonyl (C=O) groups excluding carboxylic acids is 2. The molecule has 8 heteroatoms. The van der Waals surface area contributed by atoms with Crippen LogP contribution in [0.2, 0.25) is 10.0 Å². The van der Waals surface area contributed by atoms with Crippen molar-refractivity contribution in [2.75, 3.05) is 39.3 Å². The first-order chi connectivity index (χ1) is 15.3. The summed E-state index contributed by atoms with van der Waals surface area (Å²) < 4.78 is 0. The van der Waals surface area contributed by atoms with Crippen LogP contribution in [0.5, 0.6) is 0 Å². The first kappa shape index (κ1) is 25.0. The lowest BCUT2D eigenvalue weighted by Crippen LogP contribution is -2.46. The van der Waals surface area contributed by atoms with Crippen LogP contribution in [-0.4, -0.2) is 83.0 Å². The smallest absolute Gasteiger partial charge is 0.246 e. The summed E-state index contributed by atoms with van der Waals surface area (Å²) in [4.78, 5) is 31.1. The molecule has 6 nitrogen and oxygen atoms in total. The molecular formula is C24H33Cl2N3O3. The zero-order valence-corrected chi connectivity index (χ0v) is 20.2. The predicted octanol–water partition coefficient (Wildman–Crippen LogP) is 3.69. The van der Waals surface area contributed by atoms with Crippen LogP contribution < -0.4 is 0 Å². The molecule has 2 heterocycles. The molecule has 3 rings (SSSR count). The van der Waals surface area contributed by atoms with E-state index < -0.39 is 0 Å². The monoisotopic (exact) mass is 481 g/mol. The van der Waals surface area contributed by atoms with E-state index in [1.165, 1.54) is 6.08 Å². The number of carbonyl (C=O) groups is 2. The predicted molar refractivity (Wildman–Crippen MR) is 129 cm³/mol. The normalized spacial score (nSPS) is 23.1. The average molecular weight is 482 g/mol. The van der Waals surface area contributed by atoms with E-state index in [2.05, 4.69) is 11.8 Å². The van der Waals surface area contributed by atoms with E-state index >= 15 is 0 Å². The first-order valence-electron chi connectivity index (χ1n) is 11.5. The number of aliphatic hydroxyl groups excluding tert-OH is 1. The third kappa shape index (κ3) is 6.95. The molecule has 1 aromatic rings. The number of rotatable bonds is 7. The molecule has 2 aliphatic rings. The molecule has 32 heavy (non-hydrogen) atoms. The molecule has 2 saturated heterocycles. The van der Waals surface area contributed by atoms with Gasteiger partial charge in [0.1, 0.15) is 0 Å². The topological polar surface area (TPSA) is 64.1 Å². The lowest BCUT2D eigenvalue weighted by Gasteiger charge is -2.37. The van der Waals surface area contributed by atoms with E-state index in [0.717, 1.165) is 44.3 Å². The highest BCUT2D eigenvalue weighted by atomic mass is 35.5. The van der Waals surface area contributed by atoms with E-state index in [1.807, 2.05) is 4.90 Å². The molecule has 0 bridgehead atoms. The van der Waals surface area contributed by atoms with Crippen molar-refractivity contribution in [3.8, 4) is 0 Å². The van der Waals surface area contributed by atoms with Gasteiger partial charge in [-0.25, -0.2) is 0 Å². The van der Waals surface area contributed by atoms with Crippen LogP contribution in [0.3, 0.4) is 0 Å². The minimum atomic E-state index is -0.231. The molecule has 1 N–H and O–H groups in total. The zero-order valence-electron chi connectivity index (χ0n) is 18.7. The summed E-state index contributed by atoms with van der Waals surface area (Å²) in [6, 6.07) is 5.43. The lowest BCUT2D eigenvalue weighted by atomic mass is 10.00. The van der Waals surface area contributed by atoms with Crippen molar-refractivity contribution >= 4 is 41.1 Å². The van der Waals surface area contributed by atoms with Crippen molar-refractivity contribution < 1.29 is 14.7 Å². The van der Waals surface area contributed by atoms with E-state index in [0.29, 0.717) is 42.6 Å². The van der Waals surface area contributed by atoms with Crippen LogP contribution in [0.4, 0.5) is 0 Å². The number of likely N-dealkylation sites (tertiary alicyclic amines) is 1. The van der Waals surface area contributed by atoms with E-state index in [-0.39, 0.29) is 24.0 Å². The van der Waals surface area contributed by atoms with Crippen LogP contribution in [0, 0.1) is 0 Å². The lowest BCUT2D eigenvalue weighted by molar-refractivity contribution is -0.130. The maximum absolute atomic E-state index is 12.6. The maximum Gasteiger partial charge on any atom is 0.246 e. The number of piperidine rings is 1. The molecule has 0 aromatic heterocycles. The fourth-order valence-corrected chi connectivity index (χ4v) is 4.64. The van der Waals surface area contributed by atoms with Gasteiger partial charge in [-0.15, -0.1) is 0 Å². The van der Waals surface area contributed by atoms with Crippen molar-refractivity contribution in [1.29, 1.82) is 0 Å². The second-order valence-electron chi connectivity index (χ2n) is 8.66. The number of amides is 2. The molecule has 0 saturated carbocycles. The molecule has 0 radical (unpaired) electrons. The fraction of sp³-hybridized carbons (Fsp3) is 0.583. The maximum atomic E-state index is 12.6. The Balaban J connectivity index is 1.43. The van der Waals surface area contributed by atoms with E-state index in [9.17, 15) is 14.7 Å². The van der Waals surface area contributed by atoms with Crippen LogP contribution >= 0.6 is 23.2 Å². The Morgan fingerprint density at radius 2 is 1.91 bits per heavy atom. The van der Waals surface area contributed by atoms with Crippen LogP contribution in [0.15, 0.2) is 24.3 Å². The second-order valence-corrected chi connectivity index (χ2v) is 9.47. The minimum absolute atomic E-state index is 0.107. The third-order valence-electron chi connectivity index (χ3n) is 6.46. The van der Waals surface area contributed by atoms with Crippen molar-refractivity contribution in [2.45, 2.75) is 51.2 Å². The number of benzene rings is 1. The summed E-state index contributed by atoms with van der Waals surface area (Å²) in [6.07, 6.45) is 7.21. The van der Waals surface area contributed by atoms with Crippen molar-refractivity contribution in [3.05, 3.63) is 39.9 Å². The SMILES string of the molecule is C[C@@H]1[C@@H](O)CCCN1CCCCN1CCN(C(=O)C=Cc2ccc(Cl)c(Cl)c2)CCC1=O. The van der Waals surface area contributed by atoms with Crippen LogP contribution in [0.25, 0.3) is 6.08 Å². The number of aliphatic hydroxyl groups is 1. The van der Waals surface area contributed by atoms with Crippen molar-refractivity contribution in [2.24, 2.45) is 0 Å². The third-order valence-corrected chi connectivity index (χ3v) is 7.20. The highest BCUT2D eigenvalue weighted by Crippen LogP contribution is 2.23. The number of unbranched alkanes of at least 4 members (excludes halogenated alkanes) is 1. The summed E-state index contributed by atoms with van der Waals surface area (Å²) in [6.45, 7) is 6.31. The molecule has 0 spiro atoms. The van der Waals surface area contributed by atoms with E-state index in [1.54, 1.807) is 29.2 Å². The Labute approximate surface area is 200 Å². The Bertz CT molecular complexity index is 833. The van der Waals surface area contributed by atoms with Gasteiger partial charge in [0.25, 0.3) is 0 Å². The molecule has 2 aliphatic heterocycles. The van der Waals surface area contributed by atoms with Gasteiger partial charge in [-0.2, -0.15) is 0 Å². The number of halogens is 2. The molecule has 2 amide bonds. The summed E-state index contributed by atoms with van der Waals surface area (Å²) in [5, 5.41) is 11.0. The van der Waals surface area contributed by atoms with Gasteiger partial charge in [-0.3, -0.25) is 14.5 Å². The van der Waals surface area contributed by atoms with E-state index in [4.69, 9.17) is 23.2 Å². The summed E-state index contributed by atoms with van der Waals surface area (Å²) in [5.41, 5.74) is 0.802. The van der Waals surface area contributed by atoms with Crippen molar-refractivity contribution in [3.63, 3.8) is 0 Å². The fourth-order valence-electron chi connectivity index (χ4n) is 4.34. The molecule has 2 atom stereocenters.